The average molecular weight is 183 g/mol. The van der Waals surface area contributed by atoms with Crippen LogP contribution in [0.5, 0.6) is 5.95 Å². The number of rotatable bonds is 4. The third-order valence-corrected chi connectivity index (χ3v) is 1.58. The van der Waals surface area contributed by atoms with Crippen molar-refractivity contribution < 1.29 is 19.1 Å². The number of hydrogen-bond acceptors (Lipinski definition) is 3. The summed E-state index contributed by atoms with van der Waals surface area (Å²) in [6.45, 7) is 2.34. The molecular weight excluding hydrogens is 172 g/mol. The summed E-state index contributed by atoms with van der Waals surface area (Å²) in [5, 5.41) is 10.8. The van der Waals surface area contributed by atoms with Crippen molar-refractivity contribution in [1.82, 2.24) is 0 Å². The topological polar surface area (TPSA) is 59.3 Å². The first-order valence-corrected chi connectivity index (χ1v) is 4.17. The van der Waals surface area contributed by atoms with Gasteiger partial charge >= 0.3 is 11.9 Å². The molecule has 0 aliphatic heterocycles. The highest BCUT2D eigenvalue weighted by atomic mass is 16.5. The molecule has 0 amide bonds. The van der Waals surface area contributed by atoms with Crippen molar-refractivity contribution in [3.05, 3.63) is 17.9 Å². The van der Waals surface area contributed by atoms with Crippen LogP contribution in [-0.4, -0.2) is 12.6 Å². The summed E-state index contributed by atoms with van der Waals surface area (Å²) in [5.41, 5.74) is -0.0314. The van der Waals surface area contributed by atoms with Gasteiger partial charge in [-0.1, -0.05) is 13.3 Å². The van der Waals surface area contributed by atoms with Gasteiger partial charge in [0.15, 0.2) is 0 Å². The van der Waals surface area contributed by atoms with Crippen LogP contribution in [0.15, 0.2) is 16.7 Å². The van der Waals surface area contributed by atoms with Gasteiger partial charge in [0.25, 0.3) is 0 Å². The molecule has 13 heavy (non-hydrogen) atoms. The lowest BCUT2D eigenvalue weighted by Crippen LogP contribution is -2.04. The van der Waals surface area contributed by atoms with Gasteiger partial charge < -0.3 is 9.15 Å². The fourth-order valence-electron chi connectivity index (χ4n) is 0.834. The second-order valence-electron chi connectivity index (χ2n) is 2.61. The molecular formula is C9H11O4. The van der Waals surface area contributed by atoms with Crippen molar-refractivity contribution >= 4 is 5.97 Å². The lowest BCUT2D eigenvalue weighted by Gasteiger charge is -2.00. The zero-order valence-electron chi connectivity index (χ0n) is 7.41. The molecule has 0 atom stereocenters. The van der Waals surface area contributed by atoms with Crippen molar-refractivity contribution in [2.75, 3.05) is 6.61 Å². The van der Waals surface area contributed by atoms with Crippen LogP contribution in [0, 0.1) is 0 Å². The standard InChI is InChI=1S/C9H11O4/c1-2-3-5-12-8(10)7-4-6-13-9(7)11/h4,6H,2-3,5H2,1H3. The fraction of sp³-hybridized carbons (Fsp3) is 0.444. The van der Waals surface area contributed by atoms with Gasteiger partial charge in [0, 0.05) is 0 Å². The Labute approximate surface area is 76.1 Å². The van der Waals surface area contributed by atoms with Gasteiger partial charge in [-0.15, -0.1) is 0 Å². The van der Waals surface area contributed by atoms with Gasteiger partial charge in [0.1, 0.15) is 5.56 Å². The van der Waals surface area contributed by atoms with Crippen LogP contribution in [0.3, 0.4) is 0 Å². The van der Waals surface area contributed by atoms with Crippen molar-refractivity contribution in [2.45, 2.75) is 19.8 Å². The van der Waals surface area contributed by atoms with E-state index in [2.05, 4.69) is 4.42 Å². The highest BCUT2D eigenvalue weighted by Gasteiger charge is 2.16. The van der Waals surface area contributed by atoms with Crippen LogP contribution in [-0.2, 0) is 9.84 Å². The van der Waals surface area contributed by atoms with Crippen molar-refractivity contribution in [3.8, 4) is 5.95 Å². The normalized spacial score (nSPS) is 9.92. The molecule has 4 nitrogen and oxygen atoms in total. The van der Waals surface area contributed by atoms with E-state index in [1.54, 1.807) is 0 Å². The predicted molar refractivity (Wildman–Crippen MR) is 44.0 cm³/mol. The maximum absolute atomic E-state index is 11.1. The molecule has 0 aliphatic carbocycles. The molecule has 0 unspecified atom stereocenters. The van der Waals surface area contributed by atoms with Gasteiger partial charge in [0.2, 0.25) is 0 Å². The molecule has 71 valence electrons. The Kier molecular flexibility index (Phi) is 3.37. The lowest BCUT2D eigenvalue weighted by atomic mass is 10.3. The zero-order valence-corrected chi connectivity index (χ0v) is 7.41. The Balaban J connectivity index is 2.45. The third kappa shape index (κ3) is 2.50. The first kappa shape index (κ1) is 9.64. The van der Waals surface area contributed by atoms with Crippen LogP contribution in [0.4, 0.5) is 0 Å². The van der Waals surface area contributed by atoms with E-state index in [9.17, 15) is 9.90 Å². The summed E-state index contributed by atoms with van der Waals surface area (Å²) in [5.74, 6) is -1.24. The zero-order chi connectivity index (χ0) is 9.68. The largest absolute Gasteiger partial charge is 0.462 e. The monoisotopic (exact) mass is 183 g/mol. The molecule has 0 saturated carbocycles. The average Bonchev–Trinajstić information content (AvgIpc) is 2.52. The number of furan rings is 1. The van der Waals surface area contributed by atoms with E-state index in [4.69, 9.17) is 4.74 Å². The van der Waals surface area contributed by atoms with Crippen molar-refractivity contribution in [2.24, 2.45) is 0 Å². The molecule has 4 heteroatoms. The summed E-state index contributed by atoms with van der Waals surface area (Å²) in [7, 11) is 0. The van der Waals surface area contributed by atoms with Crippen LogP contribution in [0.2, 0.25) is 0 Å². The summed E-state index contributed by atoms with van der Waals surface area (Å²) in [6.07, 6.45) is 2.93. The Morgan fingerprint density at radius 1 is 1.62 bits per heavy atom. The van der Waals surface area contributed by atoms with E-state index < -0.39 is 11.9 Å². The molecule has 1 radical (unpaired) electrons. The van der Waals surface area contributed by atoms with Gasteiger partial charge in [-0.3, -0.25) is 0 Å². The minimum Gasteiger partial charge on any atom is -0.462 e. The number of carbonyl (C=O) groups excluding carboxylic acids is 1. The smallest absolute Gasteiger partial charge is 0.350 e. The Morgan fingerprint density at radius 2 is 2.38 bits per heavy atom. The molecule has 0 bridgehead atoms. The van der Waals surface area contributed by atoms with Crippen LogP contribution in [0.25, 0.3) is 0 Å². The predicted octanol–water partition coefficient (Wildman–Crippen LogP) is 2.38. The quantitative estimate of drug-likeness (QED) is 0.531. The van der Waals surface area contributed by atoms with Crippen LogP contribution >= 0.6 is 0 Å². The van der Waals surface area contributed by atoms with Crippen molar-refractivity contribution in [1.29, 1.82) is 0 Å². The molecule has 1 heterocycles. The number of ether oxygens (including phenoxy) is 1. The lowest BCUT2D eigenvalue weighted by molar-refractivity contribution is 0.0490. The Bertz CT molecular complexity index is 277. The third-order valence-electron chi connectivity index (χ3n) is 1.58. The Morgan fingerprint density at radius 3 is 2.92 bits per heavy atom. The highest BCUT2D eigenvalue weighted by Crippen LogP contribution is 2.19. The molecule has 1 aromatic heterocycles. The summed E-state index contributed by atoms with van der Waals surface area (Å²) >= 11 is 0. The van der Waals surface area contributed by atoms with Gasteiger partial charge in [-0.25, -0.2) is 9.90 Å². The van der Waals surface area contributed by atoms with E-state index in [1.807, 2.05) is 6.92 Å². The summed E-state index contributed by atoms with van der Waals surface area (Å²) in [4.78, 5) is 11.1. The highest BCUT2D eigenvalue weighted by molar-refractivity contribution is 5.91. The van der Waals surface area contributed by atoms with E-state index >= 15 is 0 Å². The first-order chi connectivity index (χ1) is 6.25. The molecule has 0 N–H and O–H groups in total. The number of carbonyl (C=O) groups is 1. The molecule has 1 aromatic rings. The molecule has 0 saturated heterocycles. The van der Waals surface area contributed by atoms with Crippen LogP contribution in [0.1, 0.15) is 30.1 Å². The second kappa shape index (κ2) is 4.54. The number of esters is 1. The maximum Gasteiger partial charge on any atom is 0.350 e. The van der Waals surface area contributed by atoms with Crippen molar-refractivity contribution in [3.63, 3.8) is 0 Å². The maximum atomic E-state index is 11.1. The van der Waals surface area contributed by atoms with E-state index in [-0.39, 0.29) is 5.56 Å². The molecule has 1 rings (SSSR count). The Hall–Kier alpha value is -1.45. The van der Waals surface area contributed by atoms with Gasteiger partial charge in [0.05, 0.1) is 12.9 Å². The minimum absolute atomic E-state index is 0.0314. The second-order valence-corrected chi connectivity index (χ2v) is 2.61. The molecule has 0 fully saturated rings. The van der Waals surface area contributed by atoms with Gasteiger partial charge in [-0.2, -0.15) is 0 Å². The molecule has 0 spiro atoms. The van der Waals surface area contributed by atoms with E-state index in [0.717, 1.165) is 12.8 Å². The van der Waals surface area contributed by atoms with Crippen LogP contribution < -0.4 is 0 Å². The van der Waals surface area contributed by atoms with E-state index in [1.165, 1.54) is 12.3 Å². The SMILES string of the molecule is CCCCOC(=O)c1ccoc1[O]. The first-order valence-electron chi connectivity index (χ1n) is 4.17. The fourth-order valence-corrected chi connectivity index (χ4v) is 0.834. The number of unbranched alkanes of at least 4 members (excludes halogenated alkanes) is 1. The summed E-state index contributed by atoms with van der Waals surface area (Å²) in [6, 6.07) is 1.32. The van der Waals surface area contributed by atoms with E-state index in [0.29, 0.717) is 6.61 Å². The molecule has 0 aromatic carbocycles. The summed E-state index contributed by atoms with van der Waals surface area (Å²) < 4.78 is 9.24. The van der Waals surface area contributed by atoms with Gasteiger partial charge in [-0.05, 0) is 12.5 Å². The minimum atomic E-state index is -0.638. The molecule has 0 aliphatic rings. The number of hydrogen-bond donors (Lipinski definition) is 0.